The van der Waals surface area contributed by atoms with Gasteiger partial charge in [0.15, 0.2) is 5.58 Å². The quantitative estimate of drug-likeness (QED) is 0.890. The van der Waals surface area contributed by atoms with Crippen LogP contribution in [0.1, 0.15) is 24.2 Å². The first kappa shape index (κ1) is 14.0. The molecular formula is C15H19N3O3. The molecule has 1 aromatic carbocycles. The third kappa shape index (κ3) is 2.77. The fourth-order valence-electron chi connectivity index (χ4n) is 2.54. The van der Waals surface area contributed by atoms with E-state index >= 15 is 0 Å². The molecule has 1 aromatic heterocycles. The van der Waals surface area contributed by atoms with Crippen LogP contribution in [0.3, 0.4) is 0 Å². The lowest BCUT2D eigenvalue weighted by Gasteiger charge is -2.24. The molecule has 1 aliphatic rings. The van der Waals surface area contributed by atoms with Gasteiger partial charge in [0.1, 0.15) is 11.8 Å². The Labute approximate surface area is 122 Å². The van der Waals surface area contributed by atoms with Crippen molar-refractivity contribution >= 4 is 16.9 Å². The van der Waals surface area contributed by atoms with Gasteiger partial charge in [-0.05, 0) is 25.5 Å². The second kappa shape index (κ2) is 5.83. The van der Waals surface area contributed by atoms with Crippen molar-refractivity contribution in [1.29, 1.82) is 0 Å². The first-order valence-corrected chi connectivity index (χ1v) is 7.14. The molecule has 0 spiro atoms. The van der Waals surface area contributed by atoms with Gasteiger partial charge in [-0.25, -0.2) is 0 Å². The number of rotatable bonds is 3. The number of ether oxygens (including phenoxy) is 1. The van der Waals surface area contributed by atoms with Crippen molar-refractivity contribution in [3.05, 3.63) is 29.5 Å². The number of nitrogens with one attached hydrogen (secondary N) is 2. The number of carbonyl (C=O) groups excluding carboxylic acids is 1. The Balaban J connectivity index is 1.76. The standard InChI is InChI=1S/C15H19N3O3/c1-9-4-3-5-11-13(18-21-14(9)11)10(2)17-15(19)12-8-16-6-7-20-12/h3-5,10,12,16H,6-8H2,1-2H3,(H,17,19). The maximum atomic E-state index is 12.2. The number of nitrogens with zero attached hydrogens (tertiary/aromatic N) is 1. The van der Waals surface area contributed by atoms with Gasteiger partial charge in [0.05, 0.1) is 12.6 Å². The monoisotopic (exact) mass is 289 g/mol. The van der Waals surface area contributed by atoms with Crippen molar-refractivity contribution in [2.24, 2.45) is 0 Å². The van der Waals surface area contributed by atoms with Gasteiger partial charge in [0, 0.05) is 18.5 Å². The second-order valence-electron chi connectivity index (χ2n) is 5.31. The average Bonchev–Trinajstić information content (AvgIpc) is 2.93. The van der Waals surface area contributed by atoms with Crippen molar-refractivity contribution < 1.29 is 14.1 Å². The third-order valence-electron chi connectivity index (χ3n) is 3.71. The average molecular weight is 289 g/mol. The maximum Gasteiger partial charge on any atom is 0.250 e. The summed E-state index contributed by atoms with van der Waals surface area (Å²) in [6.07, 6.45) is -0.443. The number of amides is 1. The van der Waals surface area contributed by atoms with E-state index in [4.69, 9.17) is 9.26 Å². The number of carbonyl (C=O) groups is 1. The van der Waals surface area contributed by atoms with Crippen LogP contribution in [0.2, 0.25) is 0 Å². The molecule has 1 amide bonds. The lowest BCUT2D eigenvalue weighted by Crippen LogP contribution is -2.48. The van der Waals surface area contributed by atoms with Crippen LogP contribution in [0.15, 0.2) is 22.7 Å². The zero-order valence-electron chi connectivity index (χ0n) is 12.2. The number of morpholine rings is 1. The van der Waals surface area contributed by atoms with Gasteiger partial charge in [-0.3, -0.25) is 4.79 Å². The summed E-state index contributed by atoms with van der Waals surface area (Å²) in [5.41, 5.74) is 2.54. The molecular weight excluding hydrogens is 270 g/mol. The zero-order valence-corrected chi connectivity index (χ0v) is 12.2. The van der Waals surface area contributed by atoms with Crippen molar-refractivity contribution in [3.63, 3.8) is 0 Å². The summed E-state index contributed by atoms with van der Waals surface area (Å²) in [7, 11) is 0. The van der Waals surface area contributed by atoms with Crippen LogP contribution in [0.4, 0.5) is 0 Å². The predicted molar refractivity (Wildman–Crippen MR) is 77.9 cm³/mol. The molecule has 2 heterocycles. The number of para-hydroxylation sites is 1. The molecule has 112 valence electrons. The minimum absolute atomic E-state index is 0.126. The molecule has 6 nitrogen and oxygen atoms in total. The molecule has 21 heavy (non-hydrogen) atoms. The van der Waals surface area contributed by atoms with Gasteiger partial charge in [0.2, 0.25) is 0 Å². The topological polar surface area (TPSA) is 76.4 Å². The molecule has 2 unspecified atom stereocenters. The molecule has 6 heteroatoms. The first-order chi connectivity index (χ1) is 10.2. The molecule has 2 aromatic rings. The minimum Gasteiger partial charge on any atom is -0.366 e. The van der Waals surface area contributed by atoms with E-state index in [0.717, 1.165) is 28.8 Å². The molecule has 1 aliphatic heterocycles. The van der Waals surface area contributed by atoms with Crippen molar-refractivity contribution in [2.45, 2.75) is 26.0 Å². The molecule has 1 saturated heterocycles. The fraction of sp³-hybridized carbons (Fsp3) is 0.467. The number of aromatic nitrogens is 1. The van der Waals surface area contributed by atoms with Crippen LogP contribution >= 0.6 is 0 Å². The number of benzene rings is 1. The molecule has 2 atom stereocenters. The van der Waals surface area contributed by atoms with Crippen molar-refractivity contribution in [2.75, 3.05) is 19.7 Å². The van der Waals surface area contributed by atoms with Crippen LogP contribution in [0.25, 0.3) is 11.0 Å². The number of hydrogen-bond acceptors (Lipinski definition) is 5. The van der Waals surface area contributed by atoms with Crippen LogP contribution < -0.4 is 10.6 Å². The van der Waals surface area contributed by atoms with E-state index in [1.54, 1.807) is 0 Å². The summed E-state index contributed by atoms with van der Waals surface area (Å²) in [6.45, 7) is 5.75. The summed E-state index contributed by atoms with van der Waals surface area (Å²) in [6, 6.07) is 5.66. The maximum absolute atomic E-state index is 12.2. The Hall–Kier alpha value is -1.92. The Morgan fingerprint density at radius 1 is 1.52 bits per heavy atom. The van der Waals surface area contributed by atoms with E-state index in [9.17, 15) is 4.79 Å². The number of hydrogen-bond donors (Lipinski definition) is 2. The van der Waals surface area contributed by atoms with E-state index in [2.05, 4.69) is 15.8 Å². The lowest BCUT2D eigenvalue weighted by atomic mass is 10.1. The van der Waals surface area contributed by atoms with Crippen molar-refractivity contribution in [1.82, 2.24) is 15.8 Å². The van der Waals surface area contributed by atoms with E-state index in [1.165, 1.54) is 0 Å². The normalized spacial score (nSPS) is 20.4. The summed E-state index contributed by atoms with van der Waals surface area (Å²) in [5, 5.41) is 11.1. The highest BCUT2D eigenvalue weighted by Gasteiger charge is 2.25. The molecule has 0 saturated carbocycles. The van der Waals surface area contributed by atoms with Crippen molar-refractivity contribution in [3.8, 4) is 0 Å². The number of aryl methyl sites for hydroxylation is 1. The SMILES string of the molecule is Cc1cccc2c(C(C)NC(=O)C3CNCCO3)noc12. The smallest absolute Gasteiger partial charge is 0.250 e. The van der Waals surface area contributed by atoms with Gasteiger partial charge in [0.25, 0.3) is 5.91 Å². The summed E-state index contributed by atoms with van der Waals surface area (Å²) >= 11 is 0. The van der Waals surface area contributed by atoms with E-state index in [1.807, 2.05) is 32.0 Å². The molecule has 0 bridgehead atoms. The van der Waals surface area contributed by atoms with E-state index < -0.39 is 6.10 Å². The second-order valence-corrected chi connectivity index (χ2v) is 5.31. The van der Waals surface area contributed by atoms with E-state index in [-0.39, 0.29) is 11.9 Å². The van der Waals surface area contributed by atoms with Crippen LogP contribution in [0, 0.1) is 6.92 Å². The highest BCUT2D eigenvalue weighted by atomic mass is 16.5. The molecule has 3 rings (SSSR count). The summed E-state index contributed by atoms with van der Waals surface area (Å²) in [5.74, 6) is -0.126. The minimum atomic E-state index is -0.443. The van der Waals surface area contributed by atoms with Gasteiger partial charge >= 0.3 is 0 Å². The largest absolute Gasteiger partial charge is 0.366 e. The van der Waals surface area contributed by atoms with Crippen LogP contribution in [-0.2, 0) is 9.53 Å². The number of fused-ring (bicyclic) bond motifs is 1. The lowest BCUT2D eigenvalue weighted by molar-refractivity contribution is -0.134. The predicted octanol–water partition coefficient (Wildman–Crippen LogP) is 1.30. The molecule has 1 fully saturated rings. The molecule has 0 aliphatic carbocycles. The van der Waals surface area contributed by atoms with Crippen LogP contribution in [0.5, 0.6) is 0 Å². The fourth-order valence-corrected chi connectivity index (χ4v) is 2.54. The van der Waals surface area contributed by atoms with Gasteiger partial charge < -0.3 is 19.9 Å². The Kier molecular flexibility index (Phi) is 3.90. The first-order valence-electron chi connectivity index (χ1n) is 7.14. The summed E-state index contributed by atoms with van der Waals surface area (Å²) < 4.78 is 10.8. The highest BCUT2D eigenvalue weighted by molar-refractivity contribution is 5.85. The summed E-state index contributed by atoms with van der Waals surface area (Å²) in [4.78, 5) is 12.2. The third-order valence-corrected chi connectivity index (χ3v) is 3.71. The van der Waals surface area contributed by atoms with Gasteiger partial charge in [-0.1, -0.05) is 17.3 Å². The van der Waals surface area contributed by atoms with Gasteiger partial charge in [-0.2, -0.15) is 0 Å². The molecule has 0 radical (unpaired) electrons. The van der Waals surface area contributed by atoms with Gasteiger partial charge in [-0.15, -0.1) is 0 Å². The zero-order chi connectivity index (χ0) is 14.8. The Morgan fingerprint density at radius 2 is 2.38 bits per heavy atom. The Bertz CT molecular complexity index is 647. The van der Waals surface area contributed by atoms with Crippen LogP contribution in [-0.4, -0.2) is 36.9 Å². The molecule has 2 N–H and O–H groups in total. The Morgan fingerprint density at radius 3 is 3.14 bits per heavy atom. The van der Waals surface area contributed by atoms with E-state index in [0.29, 0.717) is 13.2 Å². The highest BCUT2D eigenvalue weighted by Crippen LogP contribution is 2.25.